The van der Waals surface area contributed by atoms with E-state index in [2.05, 4.69) is 5.10 Å². The summed E-state index contributed by atoms with van der Waals surface area (Å²) in [6.07, 6.45) is 1.39. The van der Waals surface area contributed by atoms with Crippen LogP contribution in [0.2, 0.25) is 5.02 Å². The third kappa shape index (κ3) is 2.24. The summed E-state index contributed by atoms with van der Waals surface area (Å²) in [6, 6.07) is 5.77. The van der Waals surface area contributed by atoms with Gasteiger partial charge in [0.1, 0.15) is 10.8 Å². The average molecular weight is 265 g/mol. The van der Waals surface area contributed by atoms with E-state index in [0.29, 0.717) is 5.75 Å². The molecule has 1 aromatic heterocycles. The molecular formula is C13H13ClN2O2. The van der Waals surface area contributed by atoms with Gasteiger partial charge >= 0.3 is 5.56 Å². The van der Waals surface area contributed by atoms with E-state index in [9.17, 15) is 4.79 Å². The number of hydrogen-bond donors (Lipinski definition) is 0. The van der Waals surface area contributed by atoms with E-state index in [1.165, 1.54) is 10.9 Å². The number of benzene rings is 1. The van der Waals surface area contributed by atoms with Gasteiger partial charge in [-0.15, -0.1) is 0 Å². The van der Waals surface area contributed by atoms with Gasteiger partial charge in [0.2, 0.25) is 5.75 Å². The smallest absolute Gasteiger partial charge is 0.311 e. The van der Waals surface area contributed by atoms with Crippen LogP contribution in [0, 0.1) is 13.8 Å². The molecular weight excluding hydrogens is 252 g/mol. The summed E-state index contributed by atoms with van der Waals surface area (Å²) >= 11 is 5.96. The molecule has 2 aromatic rings. The van der Waals surface area contributed by atoms with Gasteiger partial charge in [-0.2, -0.15) is 5.10 Å². The Labute approximate surface area is 110 Å². The van der Waals surface area contributed by atoms with E-state index in [0.717, 1.165) is 11.1 Å². The zero-order valence-corrected chi connectivity index (χ0v) is 11.2. The molecule has 0 N–H and O–H groups in total. The van der Waals surface area contributed by atoms with Crippen molar-refractivity contribution in [3.63, 3.8) is 0 Å². The fraction of sp³-hybridized carbons (Fsp3) is 0.231. The summed E-state index contributed by atoms with van der Waals surface area (Å²) in [5.41, 5.74) is 1.54. The van der Waals surface area contributed by atoms with E-state index in [1.54, 1.807) is 7.05 Å². The Hall–Kier alpha value is -1.81. The Balaban J connectivity index is 2.53. The molecule has 5 heteroatoms. The molecule has 0 fully saturated rings. The second kappa shape index (κ2) is 4.82. The fourth-order valence-corrected chi connectivity index (χ4v) is 1.82. The standard InChI is InChI=1S/C13H13ClN2O2/c1-8-5-4-6-9(2)11(8)18-12-10(14)7-15-16(3)13(12)17/h4-7H,1-3H3. The normalized spacial score (nSPS) is 10.4. The highest BCUT2D eigenvalue weighted by Gasteiger charge is 2.13. The maximum atomic E-state index is 11.9. The van der Waals surface area contributed by atoms with Gasteiger partial charge in [-0.3, -0.25) is 4.79 Å². The first-order valence-electron chi connectivity index (χ1n) is 5.46. The maximum absolute atomic E-state index is 11.9. The number of nitrogens with zero attached hydrogens (tertiary/aromatic N) is 2. The summed E-state index contributed by atoms with van der Waals surface area (Å²) < 4.78 is 6.87. The predicted molar refractivity (Wildman–Crippen MR) is 70.5 cm³/mol. The minimum absolute atomic E-state index is 0.103. The Morgan fingerprint density at radius 3 is 2.44 bits per heavy atom. The van der Waals surface area contributed by atoms with E-state index in [1.807, 2.05) is 32.0 Å². The third-order valence-electron chi connectivity index (χ3n) is 2.66. The van der Waals surface area contributed by atoms with Crippen LogP contribution in [0.3, 0.4) is 0 Å². The molecule has 0 aliphatic heterocycles. The molecule has 94 valence electrons. The Kier molecular flexibility index (Phi) is 3.39. The Morgan fingerprint density at radius 1 is 1.22 bits per heavy atom. The number of aromatic nitrogens is 2. The van der Waals surface area contributed by atoms with E-state index in [-0.39, 0.29) is 16.3 Å². The number of para-hydroxylation sites is 1. The lowest BCUT2D eigenvalue weighted by Crippen LogP contribution is -2.20. The van der Waals surface area contributed by atoms with Crippen molar-refractivity contribution in [3.8, 4) is 11.5 Å². The van der Waals surface area contributed by atoms with Crippen molar-refractivity contribution in [2.24, 2.45) is 7.05 Å². The Morgan fingerprint density at radius 2 is 1.83 bits per heavy atom. The number of hydrogen-bond acceptors (Lipinski definition) is 3. The molecule has 0 aliphatic carbocycles. The molecule has 4 nitrogen and oxygen atoms in total. The lowest BCUT2D eigenvalue weighted by Gasteiger charge is -2.12. The lowest BCUT2D eigenvalue weighted by atomic mass is 10.1. The van der Waals surface area contributed by atoms with E-state index < -0.39 is 0 Å². The van der Waals surface area contributed by atoms with Crippen molar-refractivity contribution in [2.75, 3.05) is 0 Å². The molecule has 0 atom stereocenters. The number of ether oxygens (including phenoxy) is 1. The monoisotopic (exact) mass is 264 g/mol. The van der Waals surface area contributed by atoms with Gasteiger partial charge in [0.05, 0.1) is 6.20 Å². The zero-order valence-electron chi connectivity index (χ0n) is 10.4. The van der Waals surface area contributed by atoms with Crippen molar-refractivity contribution < 1.29 is 4.74 Å². The topological polar surface area (TPSA) is 44.1 Å². The second-order valence-corrected chi connectivity index (χ2v) is 4.48. The molecule has 0 unspecified atom stereocenters. The highest BCUT2D eigenvalue weighted by Crippen LogP contribution is 2.29. The largest absolute Gasteiger partial charge is 0.449 e. The number of rotatable bonds is 2. The summed E-state index contributed by atoms with van der Waals surface area (Å²) in [7, 11) is 1.55. The quantitative estimate of drug-likeness (QED) is 0.838. The first kappa shape index (κ1) is 12.6. The van der Waals surface area contributed by atoms with Gasteiger partial charge < -0.3 is 4.74 Å². The molecule has 0 amide bonds. The molecule has 2 rings (SSSR count). The predicted octanol–water partition coefficient (Wildman–Crippen LogP) is 2.84. The van der Waals surface area contributed by atoms with Crippen LogP contribution in [0.5, 0.6) is 11.5 Å². The highest BCUT2D eigenvalue weighted by molar-refractivity contribution is 6.31. The molecule has 0 spiro atoms. The van der Waals surface area contributed by atoms with Crippen molar-refractivity contribution in [1.82, 2.24) is 9.78 Å². The fourth-order valence-electron chi connectivity index (χ4n) is 1.65. The summed E-state index contributed by atoms with van der Waals surface area (Å²) in [5.74, 6) is 0.759. The maximum Gasteiger partial charge on any atom is 0.311 e. The minimum Gasteiger partial charge on any atom is -0.449 e. The molecule has 0 bridgehead atoms. The van der Waals surface area contributed by atoms with Crippen LogP contribution >= 0.6 is 11.6 Å². The van der Waals surface area contributed by atoms with Crippen molar-refractivity contribution in [3.05, 3.63) is 50.9 Å². The molecule has 1 aromatic carbocycles. The van der Waals surface area contributed by atoms with Crippen LogP contribution in [0.1, 0.15) is 11.1 Å². The van der Waals surface area contributed by atoms with Crippen LogP contribution < -0.4 is 10.3 Å². The third-order valence-corrected chi connectivity index (χ3v) is 2.93. The summed E-state index contributed by atoms with van der Waals surface area (Å²) in [4.78, 5) is 11.9. The van der Waals surface area contributed by atoms with Gasteiger partial charge in [0.25, 0.3) is 0 Å². The van der Waals surface area contributed by atoms with Crippen LogP contribution in [-0.2, 0) is 7.05 Å². The number of aryl methyl sites for hydroxylation is 3. The van der Waals surface area contributed by atoms with E-state index >= 15 is 0 Å². The minimum atomic E-state index is -0.356. The van der Waals surface area contributed by atoms with Crippen LogP contribution in [-0.4, -0.2) is 9.78 Å². The molecule has 1 heterocycles. The molecule has 0 aliphatic rings. The molecule has 0 saturated heterocycles. The first-order valence-corrected chi connectivity index (χ1v) is 5.84. The SMILES string of the molecule is Cc1cccc(C)c1Oc1c(Cl)cnn(C)c1=O. The highest BCUT2D eigenvalue weighted by atomic mass is 35.5. The summed E-state index contributed by atoms with van der Waals surface area (Å²) in [6.45, 7) is 3.84. The van der Waals surface area contributed by atoms with Gasteiger partial charge in [0.15, 0.2) is 0 Å². The number of halogens is 1. The van der Waals surface area contributed by atoms with Crippen molar-refractivity contribution in [2.45, 2.75) is 13.8 Å². The Bertz CT molecular complexity index is 630. The van der Waals surface area contributed by atoms with Crippen molar-refractivity contribution >= 4 is 11.6 Å². The average Bonchev–Trinajstić information content (AvgIpc) is 2.33. The van der Waals surface area contributed by atoms with Crippen LogP contribution in [0.15, 0.2) is 29.2 Å². The molecule has 0 saturated carbocycles. The van der Waals surface area contributed by atoms with Crippen LogP contribution in [0.25, 0.3) is 0 Å². The van der Waals surface area contributed by atoms with Gasteiger partial charge in [-0.1, -0.05) is 29.8 Å². The van der Waals surface area contributed by atoms with Gasteiger partial charge in [0, 0.05) is 7.05 Å². The van der Waals surface area contributed by atoms with Crippen molar-refractivity contribution in [1.29, 1.82) is 0 Å². The second-order valence-electron chi connectivity index (χ2n) is 4.07. The van der Waals surface area contributed by atoms with Gasteiger partial charge in [-0.05, 0) is 25.0 Å². The zero-order chi connectivity index (χ0) is 13.3. The van der Waals surface area contributed by atoms with Gasteiger partial charge in [-0.25, -0.2) is 4.68 Å². The molecule has 0 radical (unpaired) electrons. The lowest BCUT2D eigenvalue weighted by molar-refractivity contribution is 0.457. The summed E-state index contributed by atoms with van der Waals surface area (Å²) in [5, 5.41) is 4.03. The first-order chi connectivity index (χ1) is 8.50. The van der Waals surface area contributed by atoms with E-state index in [4.69, 9.17) is 16.3 Å². The molecule has 18 heavy (non-hydrogen) atoms. The van der Waals surface area contributed by atoms with Crippen LogP contribution in [0.4, 0.5) is 0 Å².